The normalized spacial score (nSPS) is 14.9. The van der Waals surface area contributed by atoms with E-state index in [4.69, 9.17) is 22.3 Å². The molecule has 0 amide bonds. The van der Waals surface area contributed by atoms with E-state index in [1.54, 1.807) is 11.8 Å². The summed E-state index contributed by atoms with van der Waals surface area (Å²) in [5, 5.41) is 2.82. The predicted molar refractivity (Wildman–Crippen MR) is 126 cm³/mol. The first-order valence-electron chi connectivity index (χ1n) is 10.2. The van der Waals surface area contributed by atoms with E-state index in [1.165, 1.54) is 31.5 Å². The van der Waals surface area contributed by atoms with E-state index in [2.05, 4.69) is 38.7 Å². The number of hydrogen-bond acceptors (Lipinski definition) is 5. The number of para-hydroxylation sites is 1. The number of benzene rings is 2. The molecule has 2 N–H and O–H groups in total. The molecule has 4 aromatic rings. The van der Waals surface area contributed by atoms with Gasteiger partial charge in [0.15, 0.2) is 11.0 Å². The number of thioether (sulfide) groups is 1. The van der Waals surface area contributed by atoms with E-state index < -0.39 is 0 Å². The zero-order valence-electron chi connectivity index (χ0n) is 16.9. The van der Waals surface area contributed by atoms with E-state index in [9.17, 15) is 0 Å². The van der Waals surface area contributed by atoms with Crippen molar-refractivity contribution >= 4 is 51.1 Å². The highest BCUT2D eigenvalue weighted by atomic mass is 35.5. The van der Waals surface area contributed by atoms with Crippen LogP contribution in [0.5, 0.6) is 0 Å². The first-order chi connectivity index (χ1) is 14.6. The van der Waals surface area contributed by atoms with Gasteiger partial charge in [-0.3, -0.25) is 4.90 Å². The van der Waals surface area contributed by atoms with Crippen molar-refractivity contribution in [1.82, 2.24) is 19.4 Å². The SMILES string of the molecule is CSc1nc2c(N)nc3ccccc3c2n1Cc1ccc(CN2CCCC2)c(Cl)c1. The molecule has 0 bridgehead atoms. The molecule has 1 aliphatic rings. The summed E-state index contributed by atoms with van der Waals surface area (Å²) in [7, 11) is 0. The summed E-state index contributed by atoms with van der Waals surface area (Å²) in [4.78, 5) is 11.8. The number of imidazole rings is 1. The van der Waals surface area contributed by atoms with Crippen LogP contribution < -0.4 is 5.73 Å². The summed E-state index contributed by atoms with van der Waals surface area (Å²) < 4.78 is 2.23. The molecule has 0 aliphatic carbocycles. The van der Waals surface area contributed by atoms with Gasteiger partial charge in [0.25, 0.3) is 0 Å². The Labute approximate surface area is 185 Å². The van der Waals surface area contributed by atoms with E-state index in [1.807, 2.05) is 24.5 Å². The number of aromatic nitrogens is 3. The van der Waals surface area contributed by atoms with Crippen molar-refractivity contribution in [3.63, 3.8) is 0 Å². The zero-order chi connectivity index (χ0) is 20.7. The average Bonchev–Trinajstić information content (AvgIpc) is 3.38. The number of halogens is 1. The lowest BCUT2D eigenvalue weighted by molar-refractivity contribution is 0.331. The van der Waals surface area contributed by atoms with E-state index in [0.717, 1.165) is 44.2 Å². The number of fused-ring (bicyclic) bond motifs is 3. The lowest BCUT2D eigenvalue weighted by atomic mass is 10.1. The summed E-state index contributed by atoms with van der Waals surface area (Å²) in [6, 6.07) is 14.5. The van der Waals surface area contributed by atoms with Gasteiger partial charge in [-0.05, 0) is 55.4 Å². The summed E-state index contributed by atoms with van der Waals surface area (Å²) >= 11 is 8.29. The van der Waals surface area contributed by atoms with Crippen molar-refractivity contribution in [2.75, 3.05) is 25.1 Å². The maximum absolute atomic E-state index is 6.67. The first-order valence-corrected chi connectivity index (χ1v) is 11.8. The van der Waals surface area contributed by atoms with Crippen molar-refractivity contribution in [2.45, 2.75) is 31.1 Å². The molecule has 1 saturated heterocycles. The molecule has 1 aliphatic heterocycles. The third kappa shape index (κ3) is 3.53. The van der Waals surface area contributed by atoms with E-state index in [-0.39, 0.29) is 0 Å². The summed E-state index contributed by atoms with van der Waals surface area (Å²) in [6.07, 6.45) is 4.61. The maximum atomic E-state index is 6.67. The molecule has 2 aromatic carbocycles. The van der Waals surface area contributed by atoms with Crippen LogP contribution in [0.4, 0.5) is 5.82 Å². The molecular formula is C23H24ClN5S. The Morgan fingerprint density at radius 3 is 2.63 bits per heavy atom. The van der Waals surface area contributed by atoms with Crippen LogP contribution in [0.25, 0.3) is 21.9 Å². The standard InChI is InChI=1S/C23H24ClN5S/c1-30-23-27-20-21(17-6-2-3-7-19(17)26-22(20)25)29(23)13-15-8-9-16(18(24)12-15)14-28-10-4-5-11-28/h2-3,6-9,12H,4-5,10-11,13-14H2,1H3,(H2,25,26). The van der Waals surface area contributed by atoms with Gasteiger partial charge < -0.3 is 10.3 Å². The Balaban J connectivity index is 1.55. The monoisotopic (exact) mass is 437 g/mol. The van der Waals surface area contributed by atoms with Gasteiger partial charge in [0.2, 0.25) is 0 Å². The Morgan fingerprint density at radius 2 is 1.87 bits per heavy atom. The molecule has 0 radical (unpaired) electrons. The smallest absolute Gasteiger partial charge is 0.169 e. The third-order valence-electron chi connectivity index (χ3n) is 5.81. The zero-order valence-corrected chi connectivity index (χ0v) is 18.5. The number of likely N-dealkylation sites (tertiary alicyclic amines) is 1. The fraction of sp³-hybridized carbons (Fsp3) is 0.304. The fourth-order valence-electron chi connectivity index (χ4n) is 4.32. The van der Waals surface area contributed by atoms with Gasteiger partial charge in [0, 0.05) is 17.0 Å². The summed E-state index contributed by atoms with van der Waals surface area (Å²) in [5.41, 5.74) is 11.3. The highest BCUT2D eigenvalue weighted by Crippen LogP contribution is 2.32. The average molecular weight is 438 g/mol. The lowest BCUT2D eigenvalue weighted by Gasteiger charge is -2.16. The van der Waals surface area contributed by atoms with Gasteiger partial charge in [0.05, 0.1) is 17.6 Å². The number of rotatable bonds is 5. The summed E-state index contributed by atoms with van der Waals surface area (Å²) in [5.74, 6) is 0.469. The number of nitrogens with zero attached hydrogens (tertiary/aromatic N) is 4. The van der Waals surface area contributed by atoms with Crippen LogP contribution in [0.15, 0.2) is 47.6 Å². The lowest BCUT2D eigenvalue weighted by Crippen LogP contribution is -2.18. The molecule has 5 rings (SSSR count). The molecule has 1 fully saturated rings. The van der Waals surface area contributed by atoms with Crippen molar-refractivity contribution in [1.29, 1.82) is 0 Å². The highest BCUT2D eigenvalue weighted by Gasteiger charge is 2.18. The van der Waals surface area contributed by atoms with Crippen LogP contribution in [0.2, 0.25) is 5.02 Å². The number of pyridine rings is 1. The van der Waals surface area contributed by atoms with Crippen LogP contribution in [-0.2, 0) is 13.1 Å². The fourth-order valence-corrected chi connectivity index (χ4v) is 5.14. The molecule has 0 unspecified atom stereocenters. The van der Waals surface area contributed by atoms with Gasteiger partial charge in [-0.15, -0.1) is 0 Å². The number of hydrogen-bond donors (Lipinski definition) is 1. The molecule has 30 heavy (non-hydrogen) atoms. The quantitative estimate of drug-likeness (QED) is 0.435. The third-order valence-corrected chi connectivity index (χ3v) is 6.84. The minimum Gasteiger partial charge on any atom is -0.382 e. The van der Waals surface area contributed by atoms with Gasteiger partial charge >= 0.3 is 0 Å². The number of nitrogen functional groups attached to an aromatic ring is 1. The van der Waals surface area contributed by atoms with Gasteiger partial charge in [-0.1, -0.05) is 53.7 Å². The largest absolute Gasteiger partial charge is 0.382 e. The molecule has 154 valence electrons. The number of anilines is 1. The Kier molecular flexibility index (Phi) is 5.31. The number of nitrogens with two attached hydrogens (primary N) is 1. The van der Waals surface area contributed by atoms with Crippen LogP contribution in [0, 0.1) is 0 Å². The topological polar surface area (TPSA) is 60.0 Å². The van der Waals surface area contributed by atoms with Crippen molar-refractivity contribution < 1.29 is 0 Å². The molecule has 0 atom stereocenters. The molecule has 3 heterocycles. The van der Waals surface area contributed by atoms with Crippen molar-refractivity contribution in [3.8, 4) is 0 Å². The van der Waals surface area contributed by atoms with Crippen LogP contribution >= 0.6 is 23.4 Å². The predicted octanol–water partition coefficient (Wildman–Crippen LogP) is 5.19. The molecule has 0 spiro atoms. The second-order valence-corrected chi connectivity index (χ2v) is 8.99. The van der Waals surface area contributed by atoms with Gasteiger partial charge in [-0.2, -0.15) is 0 Å². The molecule has 5 nitrogen and oxygen atoms in total. The van der Waals surface area contributed by atoms with Crippen molar-refractivity contribution in [2.24, 2.45) is 0 Å². The highest BCUT2D eigenvalue weighted by molar-refractivity contribution is 7.98. The van der Waals surface area contributed by atoms with Crippen LogP contribution in [0.1, 0.15) is 24.0 Å². The van der Waals surface area contributed by atoms with Crippen LogP contribution in [0.3, 0.4) is 0 Å². The van der Waals surface area contributed by atoms with Crippen LogP contribution in [-0.4, -0.2) is 38.8 Å². The Morgan fingerprint density at radius 1 is 1.07 bits per heavy atom. The maximum Gasteiger partial charge on any atom is 0.169 e. The van der Waals surface area contributed by atoms with E-state index in [0.29, 0.717) is 12.4 Å². The van der Waals surface area contributed by atoms with E-state index >= 15 is 0 Å². The first kappa shape index (κ1) is 19.7. The molecule has 7 heteroatoms. The molecule has 2 aromatic heterocycles. The molecular weight excluding hydrogens is 414 g/mol. The summed E-state index contributed by atoms with van der Waals surface area (Å²) in [6.45, 7) is 3.94. The second kappa shape index (κ2) is 8.10. The minimum absolute atomic E-state index is 0.469. The minimum atomic E-state index is 0.469. The Bertz CT molecular complexity index is 1230. The second-order valence-electron chi connectivity index (χ2n) is 7.81. The Hall–Kier alpha value is -2.28. The van der Waals surface area contributed by atoms with Gasteiger partial charge in [0.1, 0.15) is 5.52 Å². The molecule has 0 saturated carbocycles. The van der Waals surface area contributed by atoms with Gasteiger partial charge in [-0.25, -0.2) is 9.97 Å². The van der Waals surface area contributed by atoms with Crippen molar-refractivity contribution in [3.05, 3.63) is 58.6 Å².